The van der Waals surface area contributed by atoms with Gasteiger partial charge in [-0.15, -0.1) is 0 Å². The van der Waals surface area contributed by atoms with Crippen LogP contribution >= 0.6 is 11.6 Å². The second-order valence-corrected chi connectivity index (χ2v) is 3.27. The third-order valence-corrected chi connectivity index (χ3v) is 2.41. The molecule has 0 saturated heterocycles. The molecule has 0 aliphatic carbocycles. The minimum atomic E-state index is -0.150. The fourth-order valence-corrected chi connectivity index (χ4v) is 1.35. The van der Waals surface area contributed by atoms with Gasteiger partial charge in [-0.1, -0.05) is 11.6 Å². The SMILES string of the molecule is CNC(=O)c1cc(C)c(Cl)c(OC)c1. The number of halogens is 1. The maximum absolute atomic E-state index is 11.3. The number of ether oxygens (including phenoxy) is 1. The maximum Gasteiger partial charge on any atom is 0.251 e. The second kappa shape index (κ2) is 4.33. The van der Waals surface area contributed by atoms with E-state index < -0.39 is 0 Å². The highest BCUT2D eigenvalue weighted by molar-refractivity contribution is 6.33. The molecule has 14 heavy (non-hydrogen) atoms. The van der Waals surface area contributed by atoms with E-state index in [1.807, 2.05) is 6.92 Å². The Labute approximate surface area is 88.0 Å². The lowest BCUT2D eigenvalue weighted by Gasteiger charge is -2.08. The van der Waals surface area contributed by atoms with Crippen molar-refractivity contribution in [2.45, 2.75) is 6.92 Å². The highest BCUT2D eigenvalue weighted by Gasteiger charge is 2.10. The lowest BCUT2D eigenvalue weighted by Crippen LogP contribution is -2.17. The Morgan fingerprint density at radius 2 is 2.14 bits per heavy atom. The van der Waals surface area contributed by atoms with Gasteiger partial charge in [0, 0.05) is 12.6 Å². The number of benzene rings is 1. The average molecular weight is 214 g/mol. The van der Waals surface area contributed by atoms with Crippen molar-refractivity contribution in [2.75, 3.05) is 14.2 Å². The summed E-state index contributed by atoms with van der Waals surface area (Å²) in [6.45, 7) is 1.83. The number of rotatable bonds is 2. The zero-order valence-corrected chi connectivity index (χ0v) is 9.11. The van der Waals surface area contributed by atoms with E-state index in [9.17, 15) is 4.79 Å². The Morgan fingerprint density at radius 1 is 1.50 bits per heavy atom. The summed E-state index contributed by atoms with van der Waals surface area (Å²) >= 11 is 5.96. The number of aryl methyl sites for hydroxylation is 1. The molecule has 0 saturated carbocycles. The first kappa shape index (κ1) is 10.9. The van der Waals surface area contributed by atoms with Gasteiger partial charge in [-0.2, -0.15) is 0 Å². The van der Waals surface area contributed by atoms with Crippen LogP contribution in [0, 0.1) is 6.92 Å². The number of hydrogen-bond acceptors (Lipinski definition) is 2. The van der Waals surface area contributed by atoms with E-state index in [1.54, 1.807) is 19.2 Å². The zero-order chi connectivity index (χ0) is 10.7. The number of hydrogen-bond donors (Lipinski definition) is 1. The van der Waals surface area contributed by atoms with E-state index in [0.29, 0.717) is 16.3 Å². The van der Waals surface area contributed by atoms with Crippen molar-refractivity contribution in [1.82, 2.24) is 5.32 Å². The minimum Gasteiger partial charge on any atom is -0.495 e. The Balaban J connectivity index is 3.22. The van der Waals surface area contributed by atoms with Crippen molar-refractivity contribution in [3.8, 4) is 5.75 Å². The molecule has 0 aliphatic rings. The summed E-state index contributed by atoms with van der Waals surface area (Å²) in [7, 11) is 3.10. The molecule has 0 aromatic heterocycles. The van der Waals surface area contributed by atoms with Gasteiger partial charge in [0.2, 0.25) is 0 Å². The third kappa shape index (κ3) is 1.99. The monoisotopic (exact) mass is 213 g/mol. The molecule has 1 amide bonds. The van der Waals surface area contributed by atoms with Crippen LogP contribution in [0.5, 0.6) is 5.75 Å². The van der Waals surface area contributed by atoms with Gasteiger partial charge in [-0.3, -0.25) is 4.79 Å². The topological polar surface area (TPSA) is 38.3 Å². The van der Waals surface area contributed by atoms with Crippen molar-refractivity contribution in [3.05, 3.63) is 28.3 Å². The van der Waals surface area contributed by atoms with Gasteiger partial charge in [0.25, 0.3) is 5.91 Å². The minimum absolute atomic E-state index is 0.150. The van der Waals surface area contributed by atoms with Crippen LogP contribution in [0.25, 0.3) is 0 Å². The van der Waals surface area contributed by atoms with Crippen LogP contribution in [-0.2, 0) is 0 Å². The van der Waals surface area contributed by atoms with E-state index in [4.69, 9.17) is 16.3 Å². The molecule has 1 aromatic rings. The van der Waals surface area contributed by atoms with Gasteiger partial charge in [0.1, 0.15) is 5.75 Å². The Morgan fingerprint density at radius 3 is 2.64 bits per heavy atom. The van der Waals surface area contributed by atoms with Gasteiger partial charge in [-0.05, 0) is 24.6 Å². The molecule has 0 radical (unpaired) electrons. The first-order valence-electron chi connectivity index (χ1n) is 4.16. The smallest absolute Gasteiger partial charge is 0.251 e. The van der Waals surface area contributed by atoms with Crippen molar-refractivity contribution in [1.29, 1.82) is 0 Å². The summed E-state index contributed by atoms with van der Waals surface area (Å²) in [5.41, 5.74) is 1.37. The lowest BCUT2D eigenvalue weighted by atomic mass is 10.1. The number of amides is 1. The van der Waals surface area contributed by atoms with Crippen LogP contribution in [-0.4, -0.2) is 20.1 Å². The van der Waals surface area contributed by atoms with E-state index in [2.05, 4.69) is 5.32 Å². The molecule has 4 heteroatoms. The normalized spacial score (nSPS) is 9.71. The second-order valence-electron chi connectivity index (χ2n) is 2.89. The summed E-state index contributed by atoms with van der Waals surface area (Å²) in [5.74, 6) is 0.369. The van der Waals surface area contributed by atoms with Crippen molar-refractivity contribution in [2.24, 2.45) is 0 Å². The average Bonchev–Trinajstić information content (AvgIpc) is 2.20. The summed E-state index contributed by atoms with van der Waals surface area (Å²) in [6.07, 6.45) is 0. The van der Waals surface area contributed by atoms with Gasteiger partial charge in [0.05, 0.1) is 12.1 Å². The molecule has 0 heterocycles. The van der Waals surface area contributed by atoms with Crippen LogP contribution in [0.15, 0.2) is 12.1 Å². The van der Waals surface area contributed by atoms with Gasteiger partial charge in [-0.25, -0.2) is 0 Å². The molecule has 0 aliphatic heterocycles. The predicted molar refractivity (Wildman–Crippen MR) is 56.1 cm³/mol. The van der Waals surface area contributed by atoms with Crippen LogP contribution in [0.2, 0.25) is 5.02 Å². The summed E-state index contributed by atoms with van der Waals surface area (Å²) in [6, 6.07) is 3.35. The summed E-state index contributed by atoms with van der Waals surface area (Å²) < 4.78 is 5.05. The van der Waals surface area contributed by atoms with Crippen molar-refractivity contribution in [3.63, 3.8) is 0 Å². The van der Waals surface area contributed by atoms with Crippen molar-refractivity contribution >= 4 is 17.5 Å². The van der Waals surface area contributed by atoms with Gasteiger partial charge >= 0.3 is 0 Å². The molecule has 0 atom stereocenters. The fraction of sp³-hybridized carbons (Fsp3) is 0.300. The highest BCUT2D eigenvalue weighted by Crippen LogP contribution is 2.29. The summed E-state index contributed by atoms with van der Waals surface area (Å²) in [5, 5.41) is 3.08. The highest BCUT2D eigenvalue weighted by atomic mass is 35.5. The number of nitrogens with one attached hydrogen (secondary N) is 1. The number of methoxy groups -OCH3 is 1. The first-order valence-corrected chi connectivity index (χ1v) is 4.54. The molecule has 1 rings (SSSR count). The Hall–Kier alpha value is -1.22. The fourth-order valence-electron chi connectivity index (χ4n) is 1.16. The molecular weight excluding hydrogens is 202 g/mol. The Bertz CT molecular complexity index is 363. The van der Waals surface area contributed by atoms with Crippen molar-refractivity contribution < 1.29 is 9.53 Å². The summed E-state index contributed by atoms with van der Waals surface area (Å²) in [4.78, 5) is 11.3. The molecule has 0 fully saturated rings. The molecule has 0 unspecified atom stereocenters. The molecule has 1 aromatic carbocycles. The van der Waals surface area contributed by atoms with Crippen LogP contribution in [0.3, 0.4) is 0 Å². The quantitative estimate of drug-likeness (QED) is 0.816. The largest absolute Gasteiger partial charge is 0.495 e. The van der Waals surface area contributed by atoms with E-state index in [-0.39, 0.29) is 5.91 Å². The number of carbonyl (C=O) groups excluding carboxylic acids is 1. The first-order chi connectivity index (χ1) is 6.60. The van der Waals surface area contributed by atoms with Crippen LogP contribution in [0.4, 0.5) is 0 Å². The molecule has 0 spiro atoms. The van der Waals surface area contributed by atoms with Crippen LogP contribution < -0.4 is 10.1 Å². The lowest BCUT2D eigenvalue weighted by molar-refractivity contribution is 0.0962. The maximum atomic E-state index is 11.3. The van der Waals surface area contributed by atoms with Gasteiger partial charge < -0.3 is 10.1 Å². The molecule has 76 valence electrons. The predicted octanol–water partition coefficient (Wildman–Crippen LogP) is 2.02. The van der Waals surface area contributed by atoms with E-state index >= 15 is 0 Å². The molecule has 1 N–H and O–H groups in total. The van der Waals surface area contributed by atoms with E-state index in [0.717, 1.165) is 5.56 Å². The number of carbonyl (C=O) groups is 1. The molecular formula is C10H12ClNO2. The molecule has 0 bridgehead atoms. The third-order valence-electron chi connectivity index (χ3n) is 1.93. The van der Waals surface area contributed by atoms with Gasteiger partial charge in [0.15, 0.2) is 0 Å². The van der Waals surface area contributed by atoms with E-state index in [1.165, 1.54) is 7.11 Å². The molecule has 3 nitrogen and oxygen atoms in total. The zero-order valence-electron chi connectivity index (χ0n) is 8.35. The standard InChI is InChI=1S/C10H12ClNO2/c1-6-4-7(10(13)12-2)5-8(14-3)9(6)11/h4-5H,1-3H3,(H,12,13). The van der Waals surface area contributed by atoms with Crippen LogP contribution in [0.1, 0.15) is 15.9 Å². The Kier molecular flexibility index (Phi) is 3.36.